The van der Waals surface area contributed by atoms with E-state index < -0.39 is 34.4 Å². The Hall–Kier alpha value is -2.51. The molecule has 0 saturated carbocycles. The SMILES string of the molecule is CCOC(=O)c1c(O)c2ccc(C(F)(F)F)cc2c(=O)n1CC(C)(C)C. The highest BCUT2D eigenvalue weighted by Crippen LogP contribution is 2.34. The molecule has 0 atom stereocenters. The van der Waals surface area contributed by atoms with E-state index in [1.54, 1.807) is 27.7 Å². The van der Waals surface area contributed by atoms with Gasteiger partial charge in [0.1, 0.15) is 0 Å². The summed E-state index contributed by atoms with van der Waals surface area (Å²) in [7, 11) is 0. The van der Waals surface area contributed by atoms with Crippen molar-refractivity contribution < 1.29 is 27.8 Å². The van der Waals surface area contributed by atoms with Crippen molar-refractivity contribution in [2.24, 2.45) is 5.41 Å². The number of hydrogen-bond acceptors (Lipinski definition) is 4. The van der Waals surface area contributed by atoms with E-state index in [1.165, 1.54) is 0 Å². The molecule has 0 amide bonds. The summed E-state index contributed by atoms with van der Waals surface area (Å²) in [5, 5.41) is 10.1. The van der Waals surface area contributed by atoms with Crippen molar-refractivity contribution in [2.75, 3.05) is 6.61 Å². The third-order valence-electron chi connectivity index (χ3n) is 3.67. The lowest BCUT2D eigenvalue weighted by molar-refractivity contribution is -0.137. The number of carbonyl (C=O) groups excluding carboxylic acids is 1. The zero-order chi connectivity index (χ0) is 19.9. The summed E-state index contributed by atoms with van der Waals surface area (Å²) in [4.78, 5) is 25.1. The molecule has 2 aromatic rings. The van der Waals surface area contributed by atoms with Crippen LogP contribution in [0.25, 0.3) is 10.8 Å². The van der Waals surface area contributed by atoms with Gasteiger partial charge in [-0.15, -0.1) is 0 Å². The molecule has 0 radical (unpaired) electrons. The molecule has 0 fully saturated rings. The normalized spacial score (nSPS) is 12.4. The summed E-state index contributed by atoms with van der Waals surface area (Å²) in [6.45, 7) is 6.98. The first-order valence-corrected chi connectivity index (χ1v) is 8.00. The van der Waals surface area contributed by atoms with Crippen LogP contribution in [0.1, 0.15) is 43.7 Å². The van der Waals surface area contributed by atoms with E-state index >= 15 is 0 Å². The third kappa shape index (κ3) is 3.84. The summed E-state index contributed by atoms with van der Waals surface area (Å²) >= 11 is 0. The molecule has 1 N–H and O–H groups in total. The smallest absolute Gasteiger partial charge is 0.416 e. The second-order valence-corrected chi connectivity index (χ2v) is 7.13. The maximum Gasteiger partial charge on any atom is 0.416 e. The number of fused-ring (bicyclic) bond motifs is 1. The molecule has 142 valence electrons. The van der Waals surface area contributed by atoms with Gasteiger partial charge in [-0.2, -0.15) is 13.2 Å². The lowest BCUT2D eigenvalue weighted by Crippen LogP contribution is -2.32. The number of ether oxygens (including phenoxy) is 1. The first-order valence-electron chi connectivity index (χ1n) is 8.00. The predicted molar refractivity (Wildman–Crippen MR) is 90.3 cm³/mol. The fraction of sp³-hybridized carbons (Fsp3) is 0.444. The molecule has 1 aromatic heterocycles. The maximum absolute atomic E-state index is 13.0. The minimum absolute atomic E-state index is 0.0136. The van der Waals surface area contributed by atoms with Gasteiger partial charge in [-0.1, -0.05) is 20.8 Å². The molecular formula is C18H20F3NO4. The first-order chi connectivity index (χ1) is 11.9. The second kappa shape index (κ2) is 6.66. The number of benzene rings is 1. The number of carbonyl (C=O) groups is 1. The van der Waals surface area contributed by atoms with Crippen molar-refractivity contribution in [3.8, 4) is 5.75 Å². The van der Waals surface area contributed by atoms with Gasteiger partial charge in [-0.25, -0.2) is 4.79 Å². The monoisotopic (exact) mass is 371 g/mol. The maximum atomic E-state index is 13.0. The van der Waals surface area contributed by atoms with Crippen LogP contribution in [0.3, 0.4) is 0 Å². The molecule has 0 aliphatic rings. The Kier molecular flexibility index (Phi) is 5.07. The predicted octanol–water partition coefficient (Wildman–Crippen LogP) is 3.95. The number of hydrogen-bond donors (Lipinski definition) is 1. The summed E-state index contributed by atoms with van der Waals surface area (Å²) in [5.74, 6) is -1.48. The van der Waals surface area contributed by atoms with Crippen LogP contribution in [0.4, 0.5) is 13.2 Å². The Morgan fingerprint density at radius 2 is 1.81 bits per heavy atom. The minimum atomic E-state index is -4.63. The molecule has 26 heavy (non-hydrogen) atoms. The molecule has 2 rings (SSSR count). The molecule has 1 heterocycles. The highest BCUT2D eigenvalue weighted by Gasteiger charge is 2.32. The van der Waals surface area contributed by atoms with Gasteiger partial charge >= 0.3 is 12.1 Å². The number of halogens is 3. The van der Waals surface area contributed by atoms with Crippen LogP contribution >= 0.6 is 0 Å². The Morgan fingerprint density at radius 1 is 1.19 bits per heavy atom. The first kappa shape index (κ1) is 19.8. The van der Waals surface area contributed by atoms with E-state index in [0.717, 1.165) is 16.7 Å². The lowest BCUT2D eigenvalue weighted by atomic mass is 9.96. The number of aromatic nitrogens is 1. The Balaban J connectivity index is 2.89. The largest absolute Gasteiger partial charge is 0.505 e. The zero-order valence-corrected chi connectivity index (χ0v) is 14.9. The van der Waals surface area contributed by atoms with Crippen molar-refractivity contribution >= 4 is 16.7 Å². The number of nitrogens with zero attached hydrogens (tertiary/aromatic N) is 1. The minimum Gasteiger partial charge on any atom is -0.505 e. The van der Waals surface area contributed by atoms with Gasteiger partial charge in [-0.3, -0.25) is 9.36 Å². The van der Waals surface area contributed by atoms with Gasteiger partial charge in [0.2, 0.25) is 0 Å². The standard InChI is InChI=1S/C18H20F3NO4/c1-5-26-16(25)13-14(23)11-7-6-10(18(19,20)21)8-12(11)15(24)22(13)9-17(2,3)4/h6-8,23H,5,9H2,1-4H3. The number of rotatable bonds is 3. The van der Waals surface area contributed by atoms with Gasteiger partial charge in [-0.05, 0) is 30.5 Å². The summed E-state index contributed by atoms with van der Waals surface area (Å²) in [6.07, 6.45) is -4.63. The highest BCUT2D eigenvalue weighted by atomic mass is 19.4. The van der Waals surface area contributed by atoms with Crippen molar-refractivity contribution in [2.45, 2.75) is 40.4 Å². The second-order valence-electron chi connectivity index (χ2n) is 7.13. The van der Waals surface area contributed by atoms with Gasteiger partial charge in [0.25, 0.3) is 5.56 Å². The molecule has 5 nitrogen and oxygen atoms in total. The highest BCUT2D eigenvalue weighted by molar-refractivity contribution is 5.99. The zero-order valence-electron chi connectivity index (χ0n) is 14.9. The van der Waals surface area contributed by atoms with Crippen LogP contribution in [0.2, 0.25) is 0 Å². The molecule has 0 aliphatic heterocycles. The van der Waals surface area contributed by atoms with Crippen LogP contribution in [0, 0.1) is 5.41 Å². The Bertz CT molecular complexity index is 908. The van der Waals surface area contributed by atoms with E-state index in [4.69, 9.17) is 4.74 Å². The van der Waals surface area contributed by atoms with E-state index in [0.29, 0.717) is 6.07 Å². The number of esters is 1. The third-order valence-corrected chi connectivity index (χ3v) is 3.67. The quantitative estimate of drug-likeness (QED) is 0.830. The van der Waals surface area contributed by atoms with Gasteiger partial charge in [0.15, 0.2) is 11.4 Å². The van der Waals surface area contributed by atoms with Crippen LogP contribution in [0.15, 0.2) is 23.0 Å². The van der Waals surface area contributed by atoms with Crippen molar-refractivity contribution in [3.63, 3.8) is 0 Å². The molecule has 1 aromatic carbocycles. The lowest BCUT2D eigenvalue weighted by Gasteiger charge is -2.23. The van der Waals surface area contributed by atoms with Crippen molar-refractivity contribution in [1.29, 1.82) is 0 Å². The molecule has 0 spiro atoms. The van der Waals surface area contributed by atoms with Crippen molar-refractivity contribution in [1.82, 2.24) is 4.57 Å². The summed E-state index contributed by atoms with van der Waals surface area (Å²) < 4.78 is 44.8. The average Bonchev–Trinajstić information content (AvgIpc) is 2.50. The number of aromatic hydroxyl groups is 1. The van der Waals surface area contributed by atoms with Crippen molar-refractivity contribution in [3.05, 3.63) is 39.8 Å². The number of pyridine rings is 1. The summed E-state index contributed by atoms with van der Waals surface area (Å²) in [6, 6.07) is 2.43. The van der Waals surface area contributed by atoms with E-state index in [-0.39, 0.29) is 29.6 Å². The van der Waals surface area contributed by atoms with Crippen LogP contribution in [0.5, 0.6) is 5.75 Å². The molecule has 0 aliphatic carbocycles. The molecule has 0 bridgehead atoms. The molecule has 8 heteroatoms. The van der Waals surface area contributed by atoms with E-state index in [1.807, 2.05) is 0 Å². The Labute approximate surface area is 148 Å². The van der Waals surface area contributed by atoms with Gasteiger partial charge in [0, 0.05) is 11.9 Å². The van der Waals surface area contributed by atoms with E-state index in [9.17, 15) is 27.9 Å². The van der Waals surface area contributed by atoms with Gasteiger partial charge in [0.05, 0.1) is 17.6 Å². The molecule has 0 unspecified atom stereocenters. The average molecular weight is 371 g/mol. The fourth-order valence-corrected chi connectivity index (χ4v) is 2.64. The number of alkyl halides is 3. The molecule has 0 saturated heterocycles. The molecular weight excluding hydrogens is 351 g/mol. The van der Waals surface area contributed by atoms with Crippen LogP contribution < -0.4 is 5.56 Å². The van der Waals surface area contributed by atoms with Crippen LogP contribution in [-0.4, -0.2) is 22.2 Å². The van der Waals surface area contributed by atoms with Gasteiger partial charge < -0.3 is 9.84 Å². The van der Waals surface area contributed by atoms with Crippen LogP contribution in [-0.2, 0) is 17.5 Å². The topological polar surface area (TPSA) is 68.5 Å². The summed E-state index contributed by atoms with van der Waals surface area (Å²) in [5.41, 5.74) is -2.64. The Morgan fingerprint density at radius 3 is 2.31 bits per heavy atom. The van der Waals surface area contributed by atoms with E-state index in [2.05, 4.69) is 0 Å². The fourth-order valence-electron chi connectivity index (χ4n) is 2.64.